The topological polar surface area (TPSA) is 56.6 Å². The molecular formula is C16H19FN2O2. The maximum Gasteiger partial charge on any atom is 0.129 e. The Kier molecular flexibility index (Phi) is 3.78. The van der Waals surface area contributed by atoms with Gasteiger partial charge in [-0.3, -0.25) is 0 Å². The molecule has 5 heteroatoms. The summed E-state index contributed by atoms with van der Waals surface area (Å²) in [6, 6.07) is 6.60. The molecule has 0 aliphatic carbocycles. The van der Waals surface area contributed by atoms with Crippen LogP contribution in [-0.4, -0.2) is 41.5 Å². The van der Waals surface area contributed by atoms with Crippen molar-refractivity contribution in [3.8, 4) is 0 Å². The van der Waals surface area contributed by atoms with Crippen LogP contribution in [0.3, 0.4) is 0 Å². The molecule has 2 N–H and O–H groups in total. The Morgan fingerprint density at radius 1 is 1.19 bits per heavy atom. The summed E-state index contributed by atoms with van der Waals surface area (Å²) in [4.78, 5) is 6.59. The smallest absolute Gasteiger partial charge is 0.129 e. The summed E-state index contributed by atoms with van der Waals surface area (Å²) >= 11 is 0. The molecule has 0 bridgehead atoms. The second-order valence-electron chi connectivity index (χ2n) is 5.75. The SMILES string of the molecule is Cc1cc(N2C[C@@H](CO)[C@H](CO)C2)nc2cc(F)ccc12. The monoisotopic (exact) mass is 290 g/mol. The first kappa shape index (κ1) is 14.2. The number of benzene rings is 1. The average molecular weight is 290 g/mol. The van der Waals surface area contributed by atoms with Crippen LogP contribution in [0.2, 0.25) is 0 Å². The highest BCUT2D eigenvalue weighted by Crippen LogP contribution is 2.29. The number of fused-ring (bicyclic) bond motifs is 1. The quantitative estimate of drug-likeness (QED) is 0.904. The van der Waals surface area contributed by atoms with Crippen LogP contribution in [0.5, 0.6) is 0 Å². The van der Waals surface area contributed by atoms with Gasteiger partial charge in [-0.05, 0) is 30.7 Å². The first-order valence-corrected chi connectivity index (χ1v) is 7.16. The van der Waals surface area contributed by atoms with Gasteiger partial charge in [0.2, 0.25) is 0 Å². The van der Waals surface area contributed by atoms with Crippen LogP contribution in [0.4, 0.5) is 10.2 Å². The van der Waals surface area contributed by atoms with Crippen LogP contribution in [0, 0.1) is 24.6 Å². The van der Waals surface area contributed by atoms with E-state index in [1.54, 1.807) is 6.07 Å². The van der Waals surface area contributed by atoms with Crippen LogP contribution < -0.4 is 4.90 Å². The summed E-state index contributed by atoms with van der Waals surface area (Å²) in [6.45, 7) is 3.42. The van der Waals surface area contributed by atoms with Gasteiger partial charge in [0, 0.05) is 49.6 Å². The molecule has 4 nitrogen and oxygen atoms in total. The summed E-state index contributed by atoms with van der Waals surface area (Å²) in [5, 5.41) is 19.7. The van der Waals surface area contributed by atoms with Crippen molar-refractivity contribution in [1.82, 2.24) is 4.98 Å². The van der Waals surface area contributed by atoms with Crippen LogP contribution in [0.1, 0.15) is 5.56 Å². The highest BCUT2D eigenvalue weighted by Gasteiger charge is 2.32. The van der Waals surface area contributed by atoms with Crippen molar-refractivity contribution < 1.29 is 14.6 Å². The molecule has 1 saturated heterocycles. The number of halogens is 1. The molecule has 0 spiro atoms. The van der Waals surface area contributed by atoms with Crippen molar-refractivity contribution >= 4 is 16.7 Å². The number of hydrogen-bond acceptors (Lipinski definition) is 4. The Hall–Kier alpha value is -1.72. The lowest BCUT2D eigenvalue weighted by Gasteiger charge is -2.19. The maximum absolute atomic E-state index is 13.4. The minimum absolute atomic E-state index is 0.0558. The Labute approximate surface area is 122 Å². The largest absolute Gasteiger partial charge is 0.396 e. The van der Waals surface area contributed by atoms with E-state index in [1.165, 1.54) is 12.1 Å². The van der Waals surface area contributed by atoms with Gasteiger partial charge in [-0.1, -0.05) is 0 Å². The van der Waals surface area contributed by atoms with E-state index in [0.29, 0.717) is 18.6 Å². The van der Waals surface area contributed by atoms with Gasteiger partial charge < -0.3 is 15.1 Å². The van der Waals surface area contributed by atoms with Crippen LogP contribution >= 0.6 is 0 Å². The number of aryl methyl sites for hydroxylation is 1. The van der Waals surface area contributed by atoms with Gasteiger partial charge in [0.25, 0.3) is 0 Å². The van der Waals surface area contributed by atoms with E-state index in [-0.39, 0.29) is 30.9 Å². The Morgan fingerprint density at radius 2 is 1.86 bits per heavy atom. The molecule has 1 aliphatic rings. The third kappa shape index (κ3) is 2.59. The van der Waals surface area contributed by atoms with E-state index < -0.39 is 0 Å². The number of aliphatic hydroxyl groups excluding tert-OH is 2. The van der Waals surface area contributed by atoms with Crippen molar-refractivity contribution in [1.29, 1.82) is 0 Å². The van der Waals surface area contributed by atoms with Crippen LogP contribution in [0.15, 0.2) is 24.3 Å². The summed E-state index contributed by atoms with van der Waals surface area (Å²) in [5.41, 5.74) is 1.68. The summed E-state index contributed by atoms with van der Waals surface area (Å²) in [6.07, 6.45) is 0. The third-order valence-electron chi connectivity index (χ3n) is 4.33. The van der Waals surface area contributed by atoms with Gasteiger partial charge in [0.05, 0.1) is 5.52 Å². The van der Waals surface area contributed by atoms with E-state index in [4.69, 9.17) is 0 Å². The number of anilines is 1. The molecule has 2 aromatic rings. The number of rotatable bonds is 3. The Morgan fingerprint density at radius 3 is 2.48 bits per heavy atom. The van der Waals surface area contributed by atoms with Gasteiger partial charge >= 0.3 is 0 Å². The molecule has 1 aromatic carbocycles. The number of pyridine rings is 1. The molecule has 2 heterocycles. The molecule has 0 unspecified atom stereocenters. The molecule has 1 aromatic heterocycles. The molecule has 21 heavy (non-hydrogen) atoms. The van der Waals surface area contributed by atoms with Crippen molar-refractivity contribution in [2.24, 2.45) is 11.8 Å². The first-order valence-electron chi connectivity index (χ1n) is 7.16. The van der Waals surface area contributed by atoms with E-state index in [9.17, 15) is 14.6 Å². The second-order valence-corrected chi connectivity index (χ2v) is 5.75. The number of hydrogen-bond donors (Lipinski definition) is 2. The molecule has 2 atom stereocenters. The summed E-state index contributed by atoms with van der Waals surface area (Å²) < 4.78 is 13.4. The van der Waals surface area contributed by atoms with Crippen molar-refractivity contribution in [3.63, 3.8) is 0 Å². The lowest BCUT2D eigenvalue weighted by atomic mass is 9.98. The molecule has 0 saturated carbocycles. The predicted octanol–water partition coefficient (Wildman–Crippen LogP) is 1.72. The highest BCUT2D eigenvalue weighted by atomic mass is 19.1. The van der Waals surface area contributed by atoms with Crippen molar-refractivity contribution in [2.45, 2.75) is 6.92 Å². The highest BCUT2D eigenvalue weighted by molar-refractivity contribution is 5.84. The molecule has 1 fully saturated rings. The fourth-order valence-electron chi connectivity index (χ4n) is 3.06. The Balaban J connectivity index is 1.98. The third-order valence-corrected chi connectivity index (χ3v) is 4.33. The standard InChI is InChI=1S/C16H19FN2O2/c1-10-4-16(18-15-5-13(17)2-3-14(10)15)19-6-11(8-20)12(7-19)9-21/h2-5,11-12,20-21H,6-9H2,1H3/t11-,12-/m0/s1. The molecule has 112 valence electrons. The minimum Gasteiger partial charge on any atom is -0.396 e. The maximum atomic E-state index is 13.4. The molecule has 0 amide bonds. The number of aromatic nitrogens is 1. The molecular weight excluding hydrogens is 271 g/mol. The fourth-order valence-corrected chi connectivity index (χ4v) is 3.06. The van der Waals surface area contributed by atoms with Crippen molar-refractivity contribution in [2.75, 3.05) is 31.2 Å². The zero-order chi connectivity index (χ0) is 15.0. The van der Waals surface area contributed by atoms with Gasteiger partial charge in [-0.25, -0.2) is 9.37 Å². The van der Waals surface area contributed by atoms with Gasteiger partial charge in [-0.15, -0.1) is 0 Å². The first-order chi connectivity index (χ1) is 10.1. The van der Waals surface area contributed by atoms with E-state index in [0.717, 1.165) is 16.8 Å². The van der Waals surface area contributed by atoms with E-state index in [1.807, 2.05) is 13.0 Å². The van der Waals surface area contributed by atoms with Crippen LogP contribution in [0.25, 0.3) is 10.9 Å². The fraction of sp³-hybridized carbons (Fsp3) is 0.438. The minimum atomic E-state index is -0.297. The van der Waals surface area contributed by atoms with Crippen molar-refractivity contribution in [3.05, 3.63) is 35.6 Å². The summed E-state index contributed by atoms with van der Waals surface area (Å²) in [5.74, 6) is 0.593. The Bertz CT molecular complexity index is 650. The average Bonchev–Trinajstić information content (AvgIpc) is 2.90. The predicted molar refractivity (Wildman–Crippen MR) is 79.8 cm³/mol. The van der Waals surface area contributed by atoms with Crippen LogP contribution in [-0.2, 0) is 0 Å². The number of aliphatic hydroxyl groups is 2. The molecule has 0 radical (unpaired) electrons. The summed E-state index contributed by atoms with van der Waals surface area (Å²) in [7, 11) is 0. The molecule has 3 rings (SSSR count). The number of nitrogens with zero attached hydrogens (tertiary/aromatic N) is 2. The van der Waals surface area contributed by atoms with Gasteiger partial charge in [0.1, 0.15) is 11.6 Å². The molecule has 1 aliphatic heterocycles. The normalized spacial score (nSPS) is 22.2. The second kappa shape index (κ2) is 5.58. The lowest BCUT2D eigenvalue weighted by Crippen LogP contribution is -2.22. The lowest BCUT2D eigenvalue weighted by molar-refractivity contribution is 0.152. The zero-order valence-corrected chi connectivity index (χ0v) is 12.0. The zero-order valence-electron chi connectivity index (χ0n) is 12.0. The van der Waals surface area contributed by atoms with E-state index in [2.05, 4.69) is 9.88 Å². The van der Waals surface area contributed by atoms with Gasteiger partial charge in [0.15, 0.2) is 0 Å². The van der Waals surface area contributed by atoms with Gasteiger partial charge in [-0.2, -0.15) is 0 Å². The van der Waals surface area contributed by atoms with E-state index >= 15 is 0 Å².